The van der Waals surface area contributed by atoms with Crippen LogP contribution in [0.2, 0.25) is 0 Å². The lowest BCUT2D eigenvalue weighted by molar-refractivity contribution is 0.731. The predicted molar refractivity (Wildman–Crippen MR) is 56.3 cm³/mol. The Morgan fingerprint density at radius 2 is 2.30 bits per heavy atom. The van der Waals surface area contributed by atoms with Gasteiger partial charge in [-0.2, -0.15) is 5.10 Å². The van der Waals surface area contributed by atoms with Crippen molar-refractivity contribution in [1.29, 1.82) is 0 Å². The molecule has 0 saturated carbocycles. The van der Waals surface area contributed by atoms with Crippen LogP contribution >= 0.6 is 54.5 Å². The van der Waals surface area contributed by atoms with Gasteiger partial charge in [-0.05, 0) is 38.5 Å². The van der Waals surface area contributed by atoms with Crippen LogP contribution in [0.5, 0.6) is 0 Å². The molecular formula is C5H5Br2IN2. The molecule has 1 aromatic heterocycles. The van der Waals surface area contributed by atoms with Gasteiger partial charge in [-0.15, -0.1) is 0 Å². The van der Waals surface area contributed by atoms with E-state index in [1.807, 2.05) is 11.7 Å². The van der Waals surface area contributed by atoms with Crippen molar-refractivity contribution in [1.82, 2.24) is 9.78 Å². The zero-order valence-corrected chi connectivity index (χ0v) is 10.6. The lowest BCUT2D eigenvalue weighted by Crippen LogP contribution is -1.95. The molecule has 0 fully saturated rings. The van der Waals surface area contributed by atoms with Crippen LogP contribution < -0.4 is 0 Å². The first-order valence-corrected chi connectivity index (χ1v) is 5.59. The molecule has 0 amide bonds. The summed E-state index contributed by atoms with van der Waals surface area (Å²) in [4.78, 5) is 0. The molecule has 0 spiro atoms. The molecule has 1 rings (SSSR count). The van der Waals surface area contributed by atoms with E-state index in [0.717, 1.165) is 9.93 Å². The maximum atomic E-state index is 4.18. The summed E-state index contributed by atoms with van der Waals surface area (Å²) >= 11 is 9.00. The maximum Gasteiger partial charge on any atom is 0.141 e. The summed E-state index contributed by atoms with van der Waals surface area (Å²) in [6, 6.07) is 0. The minimum absolute atomic E-state index is 0.848. The average molecular weight is 380 g/mol. The van der Waals surface area contributed by atoms with Crippen molar-refractivity contribution in [3.63, 3.8) is 0 Å². The third-order valence-electron chi connectivity index (χ3n) is 1.19. The Kier molecular flexibility index (Phi) is 3.18. The summed E-state index contributed by atoms with van der Waals surface area (Å²) in [6.45, 7) is 0. The average Bonchev–Trinajstić information content (AvgIpc) is 2.09. The van der Waals surface area contributed by atoms with Gasteiger partial charge in [0.05, 0.1) is 9.26 Å². The number of aromatic nitrogens is 2. The Bertz CT molecular complexity index is 246. The topological polar surface area (TPSA) is 17.8 Å². The largest absolute Gasteiger partial charge is 0.270 e. The third-order valence-corrected chi connectivity index (χ3v) is 4.15. The SMILES string of the molecule is Cn1nc(Br)c(I)c1CBr. The summed E-state index contributed by atoms with van der Waals surface area (Å²) in [6.07, 6.45) is 0. The van der Waals surface area contributed by atoms with E-state index >= 15 is 0 Å². The number of hydrogen-bond acceptors (Lipinski definition) is 1. The summed E-state index contributed by atoms with van der Waals surface area (Å²) in [5.74, 6) is 0. The minimum Gasteiger partial charge on any atom is -0.270 e. The van der Waals surface area contributed by atoms with Gasteiger partial charge in [-0.25, -0.2) is 0 Å². The van der Waals surface area contributed by atoms with Crippen LogP contribution in [0.4, 0.5) is 0 Å². The van der Waals surface area contributed by atoms with Gasteiger partial charge in [0.25, 0.3) is 0 Å². The van der Waals surface area contributed by atoms with E-state index in [2.05, 4.69) is 59.5 Å². The Morgan fingerprint density at radius 3 is 2.50 bits per heavy atom. The molecule has 0 radical (unpaired) electrons. The summed E-state index contributed by atoms with van der Waals surface area (Å²) in [5, 5.41) is 5.02. The summed E-state index contributed by atoms with van der Waals surface area (Å²) < 4.78 is 3.96. The Morgan fingerprint density at radius 1 is 1.70 bits per heavy atom. The molecule has 1 heterocycles. The quantitative estimate of drug-likeness (QED) is 0.542. The smallest absolute Gasteiger partial charge is 0.141 e. The van der Waals surface area contributed by atoms with E-state index in [-0.39, 0.29) is 0 Å². The number of hydrogen-bond donors (Lipinski definition) is 0. The van der Waals surface area contributed by atoms with Crippen molar-refractivity contribution in [2.24, 2.45) is 7.05 Å². The molecule has 5 heteroatoms. The van der Waals surface area contributed by atoms with Gasteiger partial charge in [0, 0.05) is 12.4 Å². The molecule has 10 heavy (non-hydrogen) atoms. The minimum atomic E-state index is 0.848. The summed E-state index contributed by atoms with van der Waals surface area (Å²) in [5.41, 5.74) is 1.20. The molecule has 0 unspecified atom stereocenters. The molecule has 0 aliphatic carbocycles. The molecule has 0 bridgehead atoms. The second-order valence-electron chi connectivity index (χ2n) is 1.81. The van der Waals surface area contributed by atoms with Gasteiger partial charge in [-0.3, -0.25) is 4.68 Å². The first-order valence-electron chi connectivity index (χ1n) is 2.59. The lowest BCUT2D eigenvalue weighted by Gasteiger charge is -1.94. The second-order valence-corrected chi connectivity index (χ2v) is 4.20. The van der Waals surface area contributed by atoms with Gasteiger partial charge in [0.15, 0.2) is 0 Å². The van der Waals surface area contributed by atoms with Crippen molar-refractivity contribution in [2.75, 3.05) is 0 Å². The van der Waals surface area contributed by atoms with Crippen molar-refractivity contribution in [2.45, 2.75) is 5.33 Å². The van der Waals surface area contributed by atoms with Crippen LogP contribution in [-0.2, 0) is 12.4 Å². The van der Waals surface area contributed by atoms with Crippen molar-refractivity contribution in [3.05, 3.63) is 13.9 Å². The zero-order chi connectivity index (χ0) is 7.72. The molecule has 2 nitrogen and oxygen atoms in total. The van der Waals surface area contributed by atoms with Crippen LogP contribution in [-0.4, -0.2) is 9.78 Å². The normalized spacial score (nSPS) is 10.4. The molecule has 0 atom stereocenters. The third kappa shape index (κ3) is 1.55. The standard InChI is InChI=1S/C5H5Br2IN2/c1-10-3(2-6)4(8)5(7)9-10/h2H2,1H3. The number of halogens is 3. The van der Waals surface area contributed by atoms with Crippen LogP contribution in [0, 0.1) is 3.57 Å². The van der Waals surface area contributed by atoms with E-state index in [1.54, 1.807) is 0 Å². The highest BCUT2D eigenvalue weighted by Crippen LogP contribution is 2.22. The van der Waals surface area contributed by atoms with Crippen molar-refractivity contribution in [3.8, 4) is 0 Å². The number of aryl methyl sites for hydroxylation is 1. The molecule has 0 aliphatic heterocycles. The fourth-order valence-corrected chi connectivity index (χ4v) is 2.92. The molecular weight excluding hydrogens is 375 g/mol. The highest BCUT2D eigenvalue weighted by atomic mass is 127. The molecule has 0 aliphatic rings. The van der Waals surface area contributed by atoms with E-state index in [4.69, 9.17) is 0 Å². The molecule has 0 saturated heterocycles. The zero-order valence-electron chi connectivity index (χ0n) is 5.24. The number of alkyl halides is 1. The lowest BCUT2D eigenvalue weighted by atomic mass is 10.5. The van der Waals surface area contributed by atoms with E-state index < -0.39 is 0 Å². The molecule has 0 aromatic carbocycles. The fourth-order valence-electron chi connectivity index (χ4n) is 0.642. The molecule has 0 N–H and O–H groups in total. The first-order chi connectivity index (χ1) is 4.66. The van der Waals surface area contributed by atoms with Crippen molar-refractivity contribution < 1.29 is 0 Å². The number of rotatable bonds is 1. The molecule has 56 valence electrons. The van der Waals surface area contributed by atoms with E-state index in [9.17, 15) is 0 Å². The van der Waals surface area contributed by atoms with Gasteiger partial charge >= 0.3 is 0 Å². The number of nitrogens with zero attached hydrogens (tertiary/aromatic N) is 2. The van der Waals surface area contributed by atoms with Crippen molar-refractivity contribution >= 4 is 54.5 Å². The Balaban J connectivity index is 3.20. The predicted octanol–water partition coefficient (Wildman–Crippen LogP) is 2.68. The van der Waals surface area contributed by atoms with E-state index in [0.29, 0.717) is 0 Å². The Hall–Kier alpha value is 0.900. The van der Waals surface area contributed by atoms with Crippen LogP contribution in [0.3, 0.4) is 0 Å². The van der Waals surface area contributed by atoms with Crippen LogP contribution in [0.1, 0.15) is 5.69 Å². The summed E-state index contributed by atoms with van der Waals surface area (Å²) in [7, 11) is 1.93. The fraction of sp³-hybridized carbons (Fsp3) is 0.400. The van der Waals surface area contributed by atoms with Gasteiger partial charge in [0.1, 0.15) is 4.60 Å². The highest BCUT2D eigenvalue weighted by Gasteiger charge is 2.08. The maximum absolute atomic E-state index is 4.18. The highest BCUT2D eigenvalue weighted by molar-refractivity contribution is 14.1. The second kappa shape index (κ2) is 3.53. The van der Waals surface area contributed by atoms with Gasteiger partial charge in [0.2, 0.25) is 0 Å². The molecule has 1 aromatic rings. The van der Waals surface area contributed by atoms with Crippen LogP contribution in [0.15, 0.2) is 4.60 Å². The van der Waals surface area contributed by atoms with E-state index in [1.165, 1.54) is 9.26 Å². The van der Waals surface area contributed by atoms with Gasteiger partial charge < -0.3 is 0 Å². The Labute approximate surface area is 89.8 Å². The monoisotopic (exact) mass is 378 g/mol. The van der Waals surface area contributed by atoms with Gasteiger partial charge in [-0.1, -0.05) is 15.9 Å². The van der Waals surface area contributed by atoms with Crippen LogP contribution in [0.25, 0.3) is 0 Å². The first kappa shape index (κ1) is 8.99.